The molecule has 0 aliphatic carbocycles. The number of nitrogens with one attached hydrogen (secondary N) is 1. The second-order valence-electron chi connectivity index (χ2n) is 5.87. The number of hydrogen-bond donors (Lipinski definition) is 1. The third-order valence-electron chi connectivity index (χ3n) is 4.18. The second-order valence-corrected chi connectivity index (χ2v) is 5.87. The summed E-state index contributed by atoms with van der Waals surface area (Å²) in [6.45, 7) is 1.85. The standard InChI is InChI=1S/C17H22N4O4/c1-24-9-7-21-12-19-14-11-20(8-10-25-16(14)17(21)23)15(22)5-4-13-3-2-6-18-13/h2-3,6,12,18H,4-5,7-11H2,1H3. The van der Waals surface area contributed by atoms with Gasteiger partial charge in [0.1, 0.15) is 12.3 Å². The molecule has 0 saturated carbocycles. The molecule has 2 aromatic heterocycles. The normalized spacial score (nSPS) is 13.9. The van der Waals surface area contributed by atoms with E-state index >= 15 is 0 Å². The van der Waals surface area contributed by atoms with Crippen molar-refractivity contribution >= 4 is 5.91 Å². The number of H-pyrrole nitrogens is 1. The highest BCUT2D eigenvalue weighted by molar-refractivity contribution is 5.76. The van der Waals surface area contributed by atoms with E-state index in [0.717, 1.165) is 5.69 Å². The van der Waals surface area contributed by atoms with Crippen LogP contribution in [0.2, 0.25) is 0 Å². The van der Waals surface area contributed by atoms with Crippen LogP contribution in [-0.4, -0.2) is 52.2 Å². The van der Waals surface area contributed by atoms with Gasteiger partial charge in [-0.25, -0.2) is 4.98 Å². The van der Waals surface area contributed by atoms with Gasteiger partial charge in [0.05, 0.1) is 32.6 Å². The molecule has 134 valence electrons. The first-order chi connectivity index (χ1) is 12.2. The van der Waals surface area contributed by atoms with Crippen LogP contribution in [0.4, 0.5) is 0 Å². The maximum atomic E-state index is 12.5. The van der Waals surface area contributed by atoms with Crippen molar-refractivity contribution < 1.29 is 14.3 Å². The Bertz CT molecular complexity index is 769. The second kappa shape index (κ2) is 7.98. The molecule has 0 atom stereocenters. The zero-order valence-electron chi connectivity index (χ0n) is 14.2. The van der Waals surface area contributed by atoms with Crippen LogP contribution in [0.5, 0.6) is 5.75 Å². The summed E-state index contributed by atoms with van der Waals surface area (Å²) in [5, 5.41) is 0. The Balaban J connectivity index is 1.69. The van der Waals surface area contributed by atoms with E-state index in [4.69, 9.17) is 9.47 Å². The smallest absolute Gasteiger partial charge is 0.296 e. The molecule has 1 N–H and O–H groups in total. The summed E-state index contributed by atoms with van der Waals surface area (Å²) in [5.74, 6) is 0.259. The van der Waals surface area contributed by atoms with E-state index in [1.54, 1.807) is 12.0 Å². The molecule has 1 aliphatic heterocycles. The average molecular weight is 346 g/mol. The number of ether oxygens (including phenoxy) is 2. The van der Waals surface area contributed by atoms with E-state index in [1.165, 1.54) is 10.9 Å². The van der Waals surface area contributed by atoms with Gasteiger partial charge in [0.15, 0.2) is 0 Å². The summed E-state index contributed by atoms with van der Waals surface area (Å²) in [6.07, 6.45) is 4.38. The number of rotatable bonds is 6. The minimum absolute atomic E-state index is 0.0245. The van der Waals surface area contributed by atoms with E-state index < -0.39 is 0 Å². The number of aryl methyl sites for hydroxylation is 1. The number of carbonyl (C=O) groups is 1. The van der Waals surface area contributed by atoms with Crippen molar-refractivity contribution in [3.63, 3.8) is 0 Å². The third-order valence-corrected chi connectivity index (χ3v) is 4.18. The molecule has 8 heteroatoms. The summed E-state index contributed by atoms with van der Waals surface area (Å²) in [5.41, 5.74) is 1.30. The lowest BCUT2D eigenvalue weighted by atomic mass is 10.2. The van der Waals surface area contributed by atoms with Crippen LogP contribution in [0, 0.1) is 0 Å². The SMILES string of the molecule is COCCn1cnc2c(c1=O)OCCN(C(=O)CCc1ccc[nH]1)C2. The molecule has 0 spiro atoms. The van der Waals surface area contributed by atoms with Gasteiger partial charge in [0.2, 0.25) is 11.7 Å². The minimum atomic E-state index is -0.234. The van der Waals surface area contributed by atoms with Crippen molar-refractivity contribution in [2.24, 2.45) is 0 Å². The summed E-state index contributed by atoms with van der Waals surface area (Å²) < 4.78 is 12.0. The Morgan fingerprint density at radius 1 is 1.48 bits per heavy atom. The molecule has 3 rings (SSSR count). The molecule has 25 heavy (non-hydrogen) atoms. The van der Waals surface area contributed by atoms with Crippen LogP contribution in [-0.2, 0) is 29.0 Å². The number of nitrogens with zero attached hydrogens (tertiary/aromatic N) is 3. The van der Waals surface area contributed by atoms with Gasteiger partial charge < -0.3 is 19.4 Å². The van der Waals surface area contributed by atoms with Crippen molar-refractivity contribution in [3.8, 4) is 5.75 Å². The molecule has 0 radical (unpaired) electrons. The topological polar surface area (TPSA) is 89.5 Å². The summed E-state index contributed by atoms with van der Waals surface area (Å²) in [4.78, 5) is 34.0. The van der Waals surface area contributed by atoms with Gasteiger partial charge >= 0.3 is 0 Å². The van der Waals surface area contributed by atoms with Gasteiger partial charge in [-0.05, 0) is 18.6 Å². The average Bonchev–Trinajstić information content (AvgIpc) is 3.04. The van der Waals surface area contributed by atoms with Crippen molar-refractivity contribution in [2.75, 3.05) is 26.9 Å². The lowest BCUT2D eigenvalue weighted by Gasteiger charge is -2.19. The maximum absolute atomic E-state index is 12.5. The van der Waals surface area contributed by atoms with Crippen LogP contribution < -0.4 is 10.3 Å². The Morgan fingerprint density at radius 2 is 2.36 bits per heavy atom. The zero-order chi connectivity index (χ0) is 17.6. The van der Waals surface area contributed by atoms with Crippen LogP contribution in [0.3, 0.4) is 0 Å². The minimum Gasteiger partial charge on any atom is -0.485 e. The molecule has 3 heterocycles. The first-order valence-corrected chi connectivity index (χ1v) is 8.29. The van der Waals surface area contributed by atoms with Crippen LogP contribution >= 0.6 is 0 Å². The first kappa shape index (κ1) is 17.2. The predicted molar refractivity (Wildman–Crippen MR) is 90.4 cm³/mol. The highest BCUT2D eigenvalue weighted by Crippen LogP contribution is 2.17. The molecule has 0 saturated heterocycles. The third kappa shape index (κ3) is 4.08. The monoisotopic (exact) mass is 346 g/mol. The fourth-order valence-corrected chi connectivity index (χ4v) is 2.76. The lowest BCUT2D eigenvalue weighted by Crippen LogP contribution is -2.32. The molecule has 8 nitrogen and oxygen atoms in total. The number of hydrogen-bond acceptors (Lipinski definition) is 5. The van der Waals surface area contributed by atoms with E-state index in [9.17, 15) is 9.59 Å². The Hall–Kier alpha value is -2.61. The van der Waals surface area contributed by atoms with Crippen LogP contribution in [0.15, 0.2) is 29.5 Å². The van der Waals surface area contributed by atoms with Crippen molar-refractivity contribution in [2.45, 2.75) is 25.9 Å². The maximum Gasteiger partial charge on any atom is 0.296 e. The lowest BCUT2D eigenvalue weighted by molar-refractivity contribution is -0.131. The largest absolute Gasteiger partial charge is 0.485 e. The fourth-order valence-electron chi connectivity index (χ4n) is 2.76. The number of aromatic amines is 1. The Kier molecular flexibility index (Phi) is 5.49. The molecule has 1 aliphatic rings. The van der Waals surface area contributed by atoms with Crippen LogP contribution in [0.1, 0.15) is 17.8 Å². The van der Waals surface area contributed by atoms with E-state index in [2.05, 4.69) is 9.97 Å². The van der Waals surface area contributed by atoms with E-state index in [0.29, 0.717) is 44.8 Å². The fraction of sp³-hybridized carbons (Fsp3) is 0.471. The van der Waals surface area contributed by atoms with Gasteiger partial charge in [0.25, 0.3) is 5.56 Å². The number of methoxy groups -OCH3 is 1. The van der Waals surface area contributed by atoms with Gasteiger partial charge in [-0.2, -0.15) is 0 Å². The molecular weight excluding hydrogens is 324 g/mol. The predicted octanol–water partition coefficient (Wildman–Crippen LogP) is 0.572. The number of amides is 1. The number of carbonyl (C=O) groups excluding carboxylic acids is 1. The molecule has 2 aromatic rings. The van der Waals surface area contributed by atoms with Gasteiger partial charge in [0, 0.05) is 25.4 Å². The zero-order valence-corrected chi connectivity index (χ0v) is 14.2. The van der Waals surface area contributed by atoms with Crippen molar-refractivity contribution in [1.82, 2.24) is 19.4 Å². The number of fused-ring (bicyclic) bond motifs is 1. The van der Waals surface area contributed by atoms with Gasteiger partial charge in [-0.3, -0.25) is 14.2 Å². The molecule has 1 amide bonds. The van der Waals surface area contributed by atoms with E-state index in [-0.39, 0.29) is 23.8 Å². The van der Waals surface area contributed by atoms with Gasteiger partial charge in [-0.15, -0.1) is 0 Å². The van der Waals surface area contributed by atoms with Crippen molar-refractivity contribution in [3.05, 3.63) is 46.4 Å². The quantitative estimate of drug-likeness (QED) is 0.826. The van der Waals surface area contributed by atoms with Gasteiger partial charge in [-0.1, -0.05) is 0 Å². The summed E-state index contributed by atoms with van der Waals surface area (Å²) in [6, 6.07) is 3.87. The highest BCUT2D eigenvalue weighted by Gasteiger charge is 2.23. The molecular formula is C17H22N4O4. The highest BCUT2D eigenvalue weighted by atomic mass is 16.5. The molecule has 0 unspecified atom stereocenters. The van der Waals surface area contributed by atoms with Crippen LogP contribution in [0.25, 0.3) is 0 Å². The molecule has 0 bridgehead atoms. The number of aromatic nitrogens is 3. The first-order valence-electron chi connectivity index (χ1n) is 8.29. The summed E-state index contributed by atoms with van der Waals surface area (Å²) in [7, 11) is 1.58. The Morgan fingerprint density at radius 3 is 3.12 bits per heavy atom. The summed E-state index contributed by atoms with van der Waals surface area (Å²) >= 11 is 0. The van der Waals surface area contributed by atoms with Crippen molar-refractivity contribution in [1.29, 1.82) is 0 Å². The Labute approximate surface area is 145 Å². The van der Waals surface area contributed by atoms with E-state index in [1.807, 2.05) is 18.3 Å². The molecule has 0 fully saturated rings. The molecule has 0 aromatic carbocycles.